The molecule has 2 heterocycles. The Kier molecular flexibility index (Phi) is 5.63. The highest BCUT2D eigenvalue weighted by Gasteiger charge is 2.27. The molecule has 3 rings (SSSR count). The van der Waals surface area contributed by atoms with E-state index in [0.717, 1.165) is 36.8 Å². The number of halogens is 1. The molecule has 1 unspecified atom stereocenters. The van der Waals surface area contributed by atoms with Gasteiger partial charge in [0.25, 0.3) is 0 Å². The van der Waals surface area contributed by atoms with Crippen molar-refractivity contribution in [2.75, 3.05) is 6.54 Å². The third kappa shape index (κ3) is 4.34. The fraction of sp³-hybridized carbons (Fsp3) is 0.400. The molecule has 0 N–H and O–H groups in total. The summed E-state index contributed by atoms with van der Waals surface area (Å²) < 4.78 is 13.6. The van der Waals surface area contributed by atoms with E-state index in [1.807, 2.05) is 16.3 Å². The van der Waals surface area contributed by atoms with E-state index in [-0.39, 0.29) is 30.0 Å². The van der Waals surface area contributed by atoms with E-state index >= 15 is 0 Å². The number of carbonyl (C=O) groups is 2. The third-order valence-electron chi connectivity index (χ3n) is 4.66. The molecule has 5 heteroatoms. The van der Waals surface area contributed by atoms with Crippen molar-refractivity contribution in [2.24, 2.45) is 0 Å². The fourth-order valence-electron chi connectivity index (χ4n) is 3.40. The van der Waals surface area contributed by atoms with E-state index < -0.39 is 0 Å². The number of likely N-dealkylation sites (tertiary alicyclic amines) is 1. The first-order chi connectivity index (χ1) is 12.0. The van der Waals surface area contributed by atoms with Crippen LogP contribution in [-0.4, -0.2) is 23.1 Å². The van der Waals surface area contributed by atoms with Gasteiger partial charge in [0.2, 0.25) is 5.91 Å². The van der Waals surface area contributed by atoms with Crippen molar-refractivity contribution in [3.8, 4) is 0 Å². The van der Waals surface area contributed by atoms with Crippen molar-refractivity contribution in [2.45, 2.75) is 45.1 Å². The molecular weight excluding hydrogens is 337 g/mol. The zero-order valence-electron chi connectivity index (χ0n) is 14.3. The Morgan fingerprint density at radius 1 is 1.24 bits per heavy atom. The van der Waals surface area contributed by atoms with Gasteiger partial charge in [0.1, 0.15) is 5.82 Å². The van der Waals surface area contributed by atoms with Crippen molar-refractivity contribution >= 4 is 23.0 Å². The van der Waals surface area contributed by atoms with Crippen LogP contribution in [0.3, 0.4) is 0 Å². The van der Waals surface area contributed by atoms with E-state index in [4.69, 9.17) is 0 Å². The Bertz CT molecular complexity index is 771. The average molecular weight is 359 g/mol. The van der Waals surface area contributed by atoms with Gasteiger partial charge in [-0.15, -0.1) is 11.3 Å². The highest BCUT2D eigenvalue weighted by molar-refractivity contribution is 7.12. The molecule has 1 aromatic carbocycles. The molecule has 1 aliphatic rings. The molecule has 0 bridgehead atoms. The molecule has 0 aliphatic carbocycles. The summed E-state index contributed by atoms with van der Waals surface area (Å²) in [5.74, 6) is -0.196. The molecule has 1 aromatic heterocycles. The predicted molar refractivity (Wildman–Crippen MR) is 97.3 cm³/mol. The first-order valence-corrected chi connectivity index (χ1v) is 9.56. The van der Waals surface area contributed by atoms with Gasteiger partial charge < -0.3 is 4.90 Å². The van der Waals surface area contributed by atoms with Crippen molar-refractivity contribution in [3.63, 3.8) is 0 Å². The largest absolute Gasteiger partial charge is 0.335 e. The number of hydrogen-bond acceptors (Lipinski definition) is 3. The number of hydrogen-bond donors (Lipinski definition) is 0. The van der Waals surface area contributed by atoms with Crippen LogP contribution in [0.5, 0.6) is 0 Å². The minimum atomic E-state index is -0.266. The normalized spacial score (nSPS) is 18.0. The van der Waals surface area contributed by atoms with Gasteiger partial charge in [0.05, 0.1) is 17.3 Å². The molecule has 1 aliphatic heterocycles. The Hall–Kier alpha value is -2.01. The molecule has 1 fully saturated rings. The number of carbonyl (C=O) groups excluding carboxylic acids is 2. The summed E-state index contributed by atoms with van der Waals surface area (Å²) in [6.45, 7) is 2.23. The van der Waals surface area contributed by atoms with Crippen molar-refractivity contribution in [3.05, 3.63) is 57.5 Å². The molecule has 25 heavy (non-hydrogen) atoms. The SMILES string of the molecule is CC(=O)c1cc(CC(=O)N2CCCCCC2c2cccc(F)c2)cs1. The van der Waals surface area contributed by atoms with E-state index in [1.165, 1.54) is 30.4 Å². The minimum Gasteiger partial charge on any atom is -0.335 e. The monoisotopic (exact) mass is 359 g/mol. The van der Waals surface area contributed by atoms with E-state index in [9.17, 15) is 14.0 Å². The smallest absolute Gasteiger partial charge is 0.227 e. The molecule has 3 nitrogen and oxygen atoms in total. The van der Waals surface area contributed by atoms with Gasteiger partial charge in [-0.25, -0.2) is 4.39 Å². The van der Waals surface area contributed by atoms with Crippen LogP contribution in [0.4, 0.5) is 4.39 Å². The quantitative estimate of drug-likeness (QED) is 0.737. The molecule has 132 valence electrons. The van der Waals surface area contributed by atoms with Crippen LogP contribution in [-0.2, 0) is 11.2 Å². The van der Waals surface area contributed by atoms with Crippen LogP contribution < -0.4 is 0 Å². The lowest BCUT2D eigenvalue weighted by Crippen LogP contribution is -2.35. The highest BCUT2D eigenvalue weighted by Crippen LogP contribution is 2.31. The first kappa shape index (κ1) is 17.8. The summed E-state index contributed by atoms with van der Waals surface area (Å²) in [6, 6.07) is 8.31. The van der Waals surface area contributed by atoms with Crippen LogP contribution in [0.15, 0.2) is 35.7 Å². The molecule has 0 spiro atoms. The zero-order valence-corrected chi connectivity index (χ0v) is 15.2. The summed E-state index contributed by atoms with van der Waals surface area (Å²) >= 11 is 1.38. The standard InChI is InChI=1S/C20H22FNO2S/c1-14(23)19-10-15(13-25-19)11-20(24)22-9-4-2-3-8-18(22)16-6-5-7-17(21)12-16/h5-7,10,12-13,18H,2-4,8-9,11H2,1H3. The average Bonchev–Trinajstić information content (AvgIpc) is 2.90. The summed E-state index contributed by atoms with van der Waals surface area (Å²) in [6.07, 6.45) is 4.24. The number of nitrogens with zero attached hydrogens (tertiary/aromatic N) is 1. The third-order valence-corrected chi connectivity index (χ3v) is 5.74. The number of rotatable bonds is 4. The minimum absolute atomic E-state index is 0.0242. The molecule has 0 saturated carbocycles. The van der Waals surface area contributed by atoms with Gasteiger partial charge in [-0.05, 0) is 54.5 Å². The second-order valence-electron chi connectivity index (χ2n) is 6.56. The van der Waals surface area contributed by atoms with Gasteiger partial charge in [-0.2, -0.15) is 0 Å². The Morgan fingerprint density at radius 2 is 2.08 bits per heavy atom. The summed E-state index contributed by atoms with van der Waals surface area (Å²) in [5, 5.41) is 1.88. The van der Waals surface area contributed by atoms with Crippen molar-refractivity contribution in [1.29, 1.82) is 0 Å². The second-order valence-corrected chi connectivity index (χ2v) is 7.47. The van der Waals surface area contributed by atoms with Crippen LogP contribution in [0.25, 0.3) is 0 Å². The van der Waals surface area contributed by atoms with Crippen LogP contribution >= 0.6 is 11.3 Å². The van der Waals surface area contributed by atoms with Crippen LogP contribution in [0.2, 0.25) is 0 Å². The van der Waals surface area contributed by atoms with Crippen LogP contribution in [0, 0.1) is 5.82 Å². The molecule has 1 atom stereocenters. The molecule has 1 saturated heterocycles. The number of amides is 1. The number of Topliss-reactive ketones (excluding diaryl/α,β-unsaturated/α-hetero) is 1. The fourth-order valence-corrected chi connectivity index (χ4v) is 4.21. The summed E-state index contributed by atoms with van der Waals surface area (Å²) in [4.78, 5) is 26.9. The summed E-state index contributed by atoms with van der Waals surface area (Å²) in [7, 11) is 0. The maximum Gasteiger partial charge on any atom is 0.227 e. The number of ketones is 1. The van der Waals surface area contributed by atoms with Crippen molar-refractivity contribution in [1.82, 2.24) is 4.90 Å². The highest BCUT2D eigenvalue weighted by atomic mass is 32.1. The van der Waals surface area contributed by atoms with Gasteiger partial charge >= 0.3 is 0 Å². The van der Waals surface area contributed by atoms with Gasteiger partial charge in [-0.3, -0.25) is 9.59 Å². The lowest BCUT2D eigenvalue weighted by Gasteiger charge is -2.30. The lowest BCUT2D eigenvalue weighted by molar-refractivity contribution is -0.132. The Balaban J connectivity index is 1.80. The predicted octanol–water partition coefficient (Wildman–Crippen LogP) is 4.78. The molecular formula is C20H22FNO2S. The van der Waals surface area contributed by atoms with E-state index in [2.05, 4.69) is 0 Å². The van der Waals surface area contributed by atoms with E-state index in [0.29, 0.717) is 11.4 Å². The maximum atomic E-state index is 13.6. The lowest BCUT2D eigenvalue weighted by atomic mass is 10.00. The number of thiophene rings is 1. The maximum absolute atomic E-state index is 13.6. The Morgan fingerprint density at radius 3 is 2.80 bits per heavy atom. The zero-order chi connectivity index (χ0) is 17.8. The molecule has 2 aromatic rings. The molecule has 0 radical (unpaired) electrons. The van der Waals surface area contributed by atoms with E-state index in [1.54, 1.807) is 12.1 Å². The van der Waals surface area contributed by atoms with Gasteiger partial charge in [-0.1, -0.05) is 25.0 Å². The van der Waals surface area contributed by atoms with Crippen molar-refractivity contribution < 1.29 is 14.0 Å². The first-order valence-electron chi connectivity index (χ1n) is 8.68. The topological polar surface area (TPSA) is 37.4 Å². The van der Waals surface area contributed by atoms with Gasteiger partial charge in [0.15, 0.2) is 5.78 Å². The second kappa shape index (κ2) is 7.91. The number of benzene rings is 1. The van der Waals surface area contributed by atoms with Crippen LogP contribution in [0.1, 0.15) is 59.4 Å². The van der Waals surface area contributed by atoms with Gasteiger partial charge in [0, 0.05) is 6.54 Å². The Labute approximate surface area is 151 Å². The molecule has 1 amide bonds. The summed E-state index contributed by atoms with van der Waals surface area (Å²) in [5.41, 5.74) is 1.74.